The van der Waals surface area contributed by atoms with Gasteiger partial charge in [-0.05, 0) is 54.4 Å². The molecule has 5 rings (SSSR count). The normalized spacial score (nSPS) is 15.4. The Hall–Kier alpha value is -4.33. The van der Waals surface area contributed by atoms with Gasteiger partial charge in [-0.1, -0.05) is 24.3 Å². The van der Waals surface area contributed by atoms with E-state index in [1.54, 1.807) is 9.80 Å². The van der Waals surface area contributed by atoms with Crippen LogP contribution in [0.4, 0.5) is 10.5 Å². The monoisotopic (exact) mass is 441 g/mol. The molecule has 3 aromatic rings. The molecule has 2 aromatic carbocycles. The number of urea groups is 1. The van der Waals surface area contributed by atoms with Crippen molar-refractivity contribution in [2.24, 2.45) is 4.99 Å². The third kappa shape index (κ3) is 4.23. The average molecular weight is 441 g/mol. The van der Waals surface area contributed by atoms with Crippen molar-refractivity contribution in [3.05, 3.63) is 96.1 Å². The van der Waals surface area contributed by atoms with Gasteiger partial charge in [-0.3, -0.25) is 9.69 Å². The Labute approximate surface area is 191 Å². The van der Waals surface area contributed by atoms with Gasteiger partial charge < -0.3 is 19.5 Å². The summed E-state index contributed by atoms with van der Waals surface area (Å²) in [6.45, 7) is 3.29. The van der Waals surface area contributed by atoms with E-state index in [1.165, 1.54) is 6.26 Å². The van der Waals surface area contributed by atoms with E-state index in [-0.39, 0.29) is 18.0 Å². The molecule has 1 aromatic heterocycles. The first kappa shape index (κ1) is 20.6. The number of aromatic nitrogens is 1. The zero-order chi connectivity index (χ0) is 22.8. The molecule has 1 N–H and O–H groups in total. The summed E-state index contributed by atoms with van der Waals surface area (Å²) in [5.41, 5.74) is 4.14. The molecule has 3 amide bonds. The first-order chi connectivity index (χ1) is 16.1. The Morgan fingerprint density at radius 1 is 1.03 bits per heavy atom. The molecule has 0 unspecified atom stereocenters. The van der Waals surface area contributed by atoms with Gasteiger partial charge in [0.15, 0.2) is 0 Å². The van der Waals surface area contributed by atoms with E-state index in [4.69, 9.17) is 4.74 Å². The number of anilines is 1. The van der Waals surface area contributed by atoms with Gasteiger partial charge in [0, 0.05) is 43.4 Å². The summed E-state index contributed by atoms with van der Waals surface area (Å²) in [6, 6.07) is 19.1. The van der Waals surface area contributed by atoms with Crippen LogP contribution in [0.15, 0.2) is 90.0 Å². The minimum atomic E-state index is -0.383. The molecule has 3 heterocycles. The lowest BCUT2D eigenvalue weighted by Gasteiger charge is -2.22. The van der Waals surface area contributed by atoms with E-state index in [1.807, 2.05) is 84.5 Å². The molecule has 0 saturated heterocycles. The van der Waals surface area contributed by atoms with E-state index in [0.29, 0.717) is 31.0 Å². The molecule has 33 heavy (non-hydrogen) atoms. The summed E-state index contributed by atoms with van der Waals surface area (Å²) in [5.74, 6) is -0.325. The van der Waals surface area contributed by atoms with Crippen molar-refractivity contribution >= 4 is 23.6 Å². The number of rotatable bonds is 5. The smallest absolute Gasteiger partial charge is 0.348 e. The number of aryl methyl sites for hydroxylation is 1. The van der Waals surface area contributed by atoms with Crippen LogP contribution in [0.25, 0.3) is 5.69 Å². The Bertz CT molecular complexity index is 1250. The Morgan fingerprint density at radius 3 is 2.55 bits per heavy atom. The third-order valence-corrected chi connectivity index (χ3v) is 5.74. The van der Waals surface area contributed by atoms with Gasteiger partial charge in [-0.2, -0.15) is 0 Å². The number of benzene rings is 2. The third-order valence-electron chi connectivity index (χ3n) is 5.74. The van der Waals surface area contributed by atoms with Crippen LogP contribution in [0, 0.1) is 6.92 Å². The summed E-state index contributed by atoms with van der Waals surface area (Å²) in [4.78, 5) is 33.0. The van der Waals surface area contributed by atoms with Crippen LogP contribution in [0.3, 0.4) is 0 Å². The van der Waals surface area contributed by atoms with Gasteiger partial charge in [0.1, 0.15) is 12.0 Å². The number of ether oxygens (including phenoxy) is 1. The molecule has 2 aliphatic heterocycles. The fourth-order valence-corrected chi connectivity index (χ4v) is 3.85. The highest BCUT2D eigenvalue weighted by atomic mass is 16.5. The van der Waals surface area contributed by atoms with Crippen LogP contribution in [0.1, 0.15) is 11.1 Å². The highest BCUT2D eigenvalue weighted by molar-refractivity contribution is 6.08. The van der Waals surface area contributed by atoms with Crippen molar-refractivity contribution in [2.45, 2.75) is 13.5 Å². The van der Waals surface area contributed by atoms with Gasteiger partial charge in [-0.25, -0.2) is 4.79 Å². The number of fused-ring (bicyclic) bond motifs is 1. The maximum absolute atomic E-state index is 12.9. The predicted octanol–water partition coefficient (Wildman–Crippen LogP) is 3.89. The SMILES string of the molecule is Cc1ccccc1CN1CCN2C(C(=O)Nc3ccc(-n4cccc4)cc3)=COC2=NC1=O. The number of nitrogens with zero attached hydrogens (tertiary/aromatic N) is 4. The zero-order valence-electron chi connectivity index (χ0n) is 18.1. The largest absolute Gasteiger partial charge is 0.431 e. The quantitative estimate of drug-likeness (QED) is 0.652. The van der Waals surface area contributed by atoms with Gasteiger partial charge in [0.25, 0.3) is 5.91 Å². The van der Waals surface area contributed by atoms with E-state index in [0.717, 1.165) is 16.8 Å². The second kappa shape index (κ2) is 8.66. The Kier molecular flexibility index (Phi) is 5.40. The van der Waals surface area contributed by atoms with Crippen LogP contribution in [-0.2, 0) is 16.1 Å². The van der Waals surface area contributed by atoms with Crippen LogP contribution in [0.2, 0.25) is 0 Å². The number of amides is 3. The lowest BCUT2D eigenvalue weighted by Crippen LogP contribution is -2.36. The standard InChI is InChI=1S/C25H23N5O3/c1-18-6-2-3-7-19(18)16-29-14-15-30-22(17-33-25(30)27-24(29)32)23(31)26-20-8-10-21(11-9-20)28-12-4-5-13-28/h2-13,17H,14-16H2,1H3,(H,26,31). The van der Waals surface area contributed by atoms with Crippen LogP contribution in [-0.4, -0.2) is 45.4 Å². The number of carbonyl (C=O) groups is 2. The molecule has 0 bridgehead atoms. The van der Waals surface area contributed by atoms with Gasteiger partial charge in [-0.15, -0.1) is 4.99 Å². The molecule has 8 nitrogen and oxygen atoms in total. The molecule has 166 valence electrons. The highest BCUT2D eigenvalue weighted by Crippen LogP contribution is 2.22. The van der Waals surface area contributed by atoms with E-state index in [9.17, 15) is 9.59 Å². The molecular formula is C25H23N5O3. The van der Waals surface area contributed by atoms with E-state index in [2.05, 4.69) is 10.3 Å². The summed E-state index contributed by atoms with van der Waals surface area (Å²) in [6.07, 6.45) is 5.25. The van der Waals surface area contributed by atoms with Crippen molar-refractivity contribution in [2.75, 3.05) is 18.4 Å². The van der Waals surface area contributed by atoms with Crippen molar-refractivity contribution in [3.63, 3.8) is 0 Å². The maximum atomic E-state index is 12.9. The lowest BCUT2D eigenvalue weighted by atomic mass is 10.1. The topological polar surface area (TPSA) is 79.2 Å². The second-order valence-electron chi connectivity index (χ2n) is 7.89. The number of nitrogens with one attached hydrogen (secondary N) is 1. The first-order valence-corrected chi connectivity index (χ1v) is 10.7. The average Bonchev–Trinajstić information content (AvgIpc) is 3.46. The van der Waals surface area contributed by atoms with Crippen molar-refractivity contribution in [3.8, 4) is 5.69 Å². The molecule has 0 fully saturated rings. The van der Waals surface area contributed by atoms with E-state index >= 15 is 0 Å². The molecule has 0 saturated carbocycles. The summed E-state index contributed by atoms with van der Waals surface area (Å²) in [5, 5.41) is 2.89. The van der Waals surface area contributed by atoms with Crippen LogP contribution >= 0.6 is 0 Å². The number of aliphatic imine (C=N–C) groups is 1. The minimum Gasteiger partial charge on any atom is -0.431 e. The highest BCUT2D eigenvalue weighted by Gasteiger charge is 2.34. The molecule has 0 atom stereocenters. The van der Waals surface area contributed by atoms with Gasteiger partial charge in [0.05, 0.1) is 0 Å². The zero-order valence-corrected chi connectivity index (χ0v) is 18.1. The van der Waals surface area contributed by atoms with Crippen molar-refractivity contribution in [1.29, 1.82) is 0 Å². The van der Waals surface area contributed by atoms with Crippen LogP contribution in [0.5, 0.6) is 0 Å². The summed E-state index contributed by atoms with van der Waals surface area (Å²) in [7, 11) is 0. The van der Waals surface area contributed by atoms with E-state index < -0.39 is 0 Å². The fraction of sp³-hybridized carbons (Fsp3) is 0.160. The number of hydrogen-bond donors (Lipinski definition) is 1. The predicted molar refractivity (Wildman–Crippen MR) is 125 cm³/mol. The minimum absolute atomic E-state index is 0.125. The first-order valence-electron chi connectivity index (χ1n) is 10.7. The van der Waals surface area contributed by atoms with Crippen LogP contribution < -0.4 is 5.32 Å². The summed E-state index contributed by atoms with van der Waals surface area (Å²) >= 11 is 0. The lowest BCUT2D eigenvalue weighted by molar-refractivity contribution is -0.113. The van der Waals surface area contributed by atoms with Gasteiger partial charge >= 0.3 is 12.1 Å². The van der Waals surface area contributed by atoms with Crippen molar-refractivity contribution in [1.82, 2.24) is 14.4 Å². The van der Waals surface area contributed by atoms with Crippen molar-refractivity contribution < 1.29 is 14.3 Å². The molecule has 8 heteroatoms. The Morgan fingerprint density at radius 2 is 1.79 bits per heavy atom. The maximum Gasteiger partial charge on any atom is 0.348 e. The molecular weight excluding hydrogens is 418 g/mol. The molecule has 0 radical (unpaired) electrons. The molecule has 0 aliphatic carbocycles. The Balaban J connectivity index is 1.26. The molecule has 2 aliphatic rings. The molecule has 0 spiro atoms. The number of amidine groups is 1. The summed E-state index contributed by atoms with van der Waals surface area (Å²) < 4.78 is 7.46. The number of hydrogen-bond acceptors (Lipinski definition) is 4. The number of carbonyl (C=O) groups excluding carboxylic acids is 2. The second-order valence-corrected chi connectivity index (χ2v) is 7.89. The van der Waals surface area contributed by atoms with Gasteiger partial charge in [0.2, 0.25) is 0 Å². The fourth-order valence-electron chi connectivity index (χ4n) is 3.85.